The molecule has 10 nitrogen and oxygen atoms in total. The molecule has 3 aliphatic rings. The minimum atomic E-state index is -0.932. The third-order valence-corrected chi connectivity index (χ3v) is 10.3. The molecule has 3 fully saturated rings. The fourth-order valence-electron chi connectivity index (χ4n) is 7.70. The Balaban J connectivity index is 1.41. The molecule has 1 saturated carbocycles. The second-order valence-electron chi connectivity index (χ2n) is 13.3. The van der Waals surface area contributed by atoms with E-state index in [1.165, 1.54) is 0 Å². The van der Waals surface area contributed by atoms with Crippen LogP contribution in [0.4, 0.5) is 0 Å². The van der Waals surface area contributed by atoms with Crippen molar-refractivity contribution >= 4 is 17.7 Å². The van der Waals surface area contributed by atoms with Crippen molar-refractivity contribution in [1.29, 1.82) is 0 Å². The SMILES string of the molecule is CCCCN1C(=O)[C@@H]([C@H](O)C2CCCCC2)NC(=O)C12CCN(C(c1ccc(C(=O)N(C)C)cc1)c1c(C)n[nH]c1C)CC2. The molecule has 1 spiro atoms. The number of aliphatic hydroxyl groups excluding tert-OH is 1. The average Bonchev–Trinajstić information content (AvgIpc) is 3.37. The Morgan fingerprint density at radius 2 is 1.75 bits per heavy atom. The molecule has 2 aliphatic heterocycles. The summed E-state index contributed by atoms with van der Waals surface area (Å²) in [5.41, 5.74) is 3.73. The van der Waals surface area contributed by atoms with Crippen LogP contribution < -0.4 is 5.32 Å². The van der Waals surface area contributed by atoms with E-state index >= 15 is 0 Å². The van der Waals surface area contributed by atoms with Gasteiger partial charge in [-0.25, -0.2) is 0 Å². The minimum Gasteiger partial charge on any atom is -0.390 e. The second-order valence-corrected chi connectivity index (χ2v) is 13.3. The van der Waals surface area contributed by atoms with Crippen LogP contribution in [0, 0.1) is 19.8 Å². The summed E-state index contributed by atoms with van der Waals surface area (Å²) < 4.78 is 0. The van der Waals surface area contributed by atoms with Crippen LogP contribution in [0.2, 0.25) is 0 Å². The molecule has 2 aromatic rings. The smallest absolute Gasteiger partial charge is 0.253 e. The topological polar surface area (TPSA) is 122 Å². The Kier molecular flexibility index (Phi) is 9.80. The first-order valence-electron chi connectivity index (χ1n) is 16.5. The van der Waals surface area contributed by atoms with Gasteiger partial charge in [-0.2, -0.15) is 5.10 Å². The summed E-state index contributed by atoms with van der Waals surface area (Å²) in [5.74, 6) is -0.269. The highest BCUT2D eigenvalue weighted by Crippen LogP contribution is 2.40. The van der Waals surface area contributed by atoms with Crippen LogP contribution in [0.5, 0.6) is 0 Å². The summed E-state index contributed by atoms with van der Waals surface area (Å²) in [6.07, 6.45) is 6.95. The summed E-state index contributed by atoms with van der Waals surface area (Å²) in [7, 11) is 3.49. The van der Waals surface area contributed by atoms with E-state index in [1.807, 2.05) is 43.0 Å². The van der Waals surface area contributed by atoms with Crippen LogP contribution >= 0.6 is 0 Å². The van der Waals surface area contributed by atoms with Gasteiger partial charge < -0.3 is 20.2 Å². The van der Waals surface area contributed by atoms with Gasteiger partial charge in [0.1, 0.15) is 11.6 Å². The summed E-state index contributed by atoms with van der Waals surface area (Å²) in [6, 6.07) is 6.77. The molecule has 3 amide bonds. The number of hydrogen-bond donors (Lipinski definition) is 3. The predicted octanol–water partition coefficient (Wildman–Crippen LogP) is 3.72. The van der Waals surface area contributed by atoms with Crippen molar-refractivity contribution in [3.05, 3.63) is 52.3 Å². The number of likely N-dealkylation sites (tertiary alicyclic amines) is 1. The number of aromatic nitrogens is 2. The minimum absolute atomic E-state index is 0.0449. The van der Waals surface area contributed by atoms with Gasteiger partial charge in [-0.3, -0.25) is 24.4 Å². The van der Waals surface area contributed by atoms with Crippen molar-refractivity contribution < 1.29 is 19.5 Å². The third kappa shape index (κ3) is 6.03. The number of rotatable bonds is 9. The Morgan fingerprint density at radius 3 is 2.32 bits per heavy atom. The maximum absolute atomic E-state index is 14.1. The van der Waals surface area contributed by atoms with Gasteiger partial charge in [0.05, 0.1) is 17.8 Å². The fourth-order valence-corrected chi connectivity index (χ4v) is 7.70. The summed E-state index contributed by atoms with van der Waals surface area (Å²) in [4.78, 5) is 46.5. The van der Waals surface area contributed by atoms with Crippen LogP contribution in [-0.2, 0) is 9.59 Å². The molecule has 3 N–H and O–H groups in total. The number of carbonyl (C=O) groups is 3. The van der Waals surface area contributed by atoms with Gasteiger partial charge in [-0.15, -0.1) is 0 Å². The lowest BCUT2D eigenvalue weighted by Crippen LogP contribution is -2.75. The van der Waals surface area contributed by atoms with Crippen LogP contribution in [0.25, 0.3) is 0 Å². The highest BCUT2D eigenvalue weighted by Gasteiger charge is 2.55. The third-order valence-electron chi connectivity index (χ3n) is 10.3. The second kappa shape index (κ2) is 13.4. The molecule has 5 rings (SSSR count). The fraction of sp³-hybridized carbons (Fsp3) is 0.647. The first-order valence-corrected chi connectivity index (χ1v) is 16.5. The molecule has 3 atom stereocenters. The monoisotopic (exact) mass is 606 g/mol. The van der Waals surface area contributed by atoms with E-state index in [1.54, 1.807) is 19.0 Å². The number of hydrogen-bond acceptors (Lipinski definition) is 6. The molecule has 44 heavy (non-hydrogen) atoms. The van der Waals surface area contributed by atoms with Gasteiger partial charge in [0.15, 0.2) is 0 Å². The quantitative estimate of drug-likeness (QED) is 0.400. The number of aromatic amines is 1. The molecule has 1 aliphatic carbocycles. The highest BCUT2D eigenvalue weighted by atomic mass is 16.3. The Hall–Kier alpha value is -3.24. The van der Waals surface area contributed by atoms with E-state index in [0.29, 0.717) is 38.0 Å². The van der Waals surface area contributed by atoms with Crippen molar-refractivity contribution in [1.82, 2.24) is 30.2 Å². The molecule has 1 aromatic carbocycles. The van der Waals surface area contributed by atoms with E-state index < -0.39 is 17.7 Å². The van der Waals surface area contributed by atoms with E-state index in [9.17, 15) is 19.5 Å². The zero-order valence-electron chi connectivity index (χ0n) is 27.1. The lowest BCUT2D eigenvalue weighted by molar-refractivity contribution is -0.166. The molecule has 240 valence electrons. The van der Waals surface area contributed by atoms with Gasteiger partial charge in [-0.05, 0) is 69.6 Å². The molecular weight excluding hydrogens is 556 g/mol. The van der Waals surface area contributed by atoms with E-state index in [0.717, 1.165) is 67.5 Å². The predicted molar refractivity (Wildman–Crippen MR) is 169 cm³/mol. The number of H-pyrrole nitrogens is 1. The van der Waals surface area contributed by atoms with Gasteiger partial charge in [0.25, 0.3) is 5.91 Å². The van der Waals surface area contributed by atoms with Crippen LogP contribution in [-0.4, -0.2) is 99.1 Å². The number of unbranched alkanes of at least 4 members (excludes halogenated alkanes) is 1. The highest BCUT2D eigenvalue weighted by molar-refractivity contribution is 6.00. The molecule has 0 bridgehead atoms. The number of nitrogens with zero attached hydrogens (tertiary/aromatic N) is 4. The average molecular weight is 607 g/mol. The molecule has 2 saturated heterocycles. The maximum atomic E-state index is 14.1. The standard InChI is InChI=1S/C34H50N6O4/c1-6-7-19-40-32(43)28(30(41)25-11-9-8-10-12-25)35-33(44)34(40)17-20-39(21-18-34)29(27-22(2)36-37-23(27)3)24-13-15-26(16-14-24)31(42)38(4)5/h13-16,25,28-30,41H,6-12,17-21H2,1-5H3,(H,35,44)(H,36,37)/t28-,29?,30-/m1/s1. The van der Waals surface area contributed by atoms with Crippen LogP contribution in [0.1, 0.15) is 104 Å². The zero-order chi connectivity index (χ0) is 31.6. The molecule has 3 heterocycles. The molecule has 1 aromatic heterocycles. The van der Waals surface area contributed by atoms with Crippen molar-refractivity contribution in [3.8, 4) is 0 Å². The van der Waals surface area contributed by atoms with Gasteiger partial charge in [0.2, 0.25) is 11.8 Å². The number of amides is 3. The van der Waals surface area contributed by atoms with E-state index in [4.69, 9.17) is 0 Å². The first kappa shape index (κ1) is 32.2. The summed E-state index contributed by atoms with van der Waals surface area (Å²) >= 11 is 0. The lowest BCUT2D eigenvalue weighted by Gasteiger charge is -2.53. The van der Waals surface area contributed by atoms with Gasteiger partial charge in [-0.1, -0.05) is 44.7 Å². The number of carbonyl (C=O) groups excluding carboxylic acids is 3. The summed E-state index contributed by atoms with van der Waals surface area (Å²) in [5, 5.41) is 21.9. The lowest BCUT2D eigenvalue weighted by atomic mass is 9.77. The number of piperidine rings is 1. The maximum Gasteiger partial charge on any atom is 0.253 e. The first-order chi connectivity index (χ1) is 21.1. The number of aliphatic hydroxyl groups is 1. The summed E-state index contributed by atoms with van der Waals surface area (Å²) in [6.45, 7) is 7.84. The molecular formula is C34H50N6O4. The number of aryl methyl sites for hydroxylation is 2. The molecule has 1 unspecified atom stereocenters. The van der Waals surface area contributed by atoms with Crippen molar-refractivity contribution in [2.45, 2.75) is 102 Å². The van der Waals surface area contributed by atoms with Crippen molar-refractivity contribution in [2.24, 2.45) is 5.92 Å². The zero-order valence-corrected chi connectivity index (χ0v) is 27.1. The number of benzene rings is 1. The molecule has 10 heteroatoms. The number of nitrogens with one attached hydrogen (secondary N) is 2. The normalized spacial score (nSPS) is 22.6. The molecule has 0 radical (unpaired) electrons. The van der Waals surface area contributed by atoms with E-state index in [-0.39, 0.29) is 29.7 Å². The van der Waals surface area contributed by atoms with Gasteiger partial charge in [0, 0.05) is 50.6 Å². The Bertz CT molecular complexity index is 1300. The van der Waals surface area contributed by atoms with Gasteiger partial charge >= 0.3 is 0 Å². The largest absolute Gasteiger partial charge is 0.390 e. The van der Waals surface area contributed by atoms with Crippen LogP contribution in [0.15, 0.2) is 24.3 Å². The number of piperazine rings is 1. The van der Waals surface area contributed by atoms with Crippen molar-refractivity contribution in [2.75, 3.05) is 33.7 Å². The van der Waals surface area contributed by atoms with E-state index in [2.05, 4.69) is 27.3 Å². The van der Waals surface area contributed by atoms with Crippen LogP contribution in [0.3, 0.4) is 0 Å². The Morgan fingerprint density at radius 1 is 1.09 bits per heavy atom. The Labute approximate surface area is 261 Å². The van der Waals surface area contributed by atoms with Crippen molar-refractivity contribution in [3.63, 3.8) is 0 Å².